The molecule has 0 bridgehead atoms. The van der Waals surface area contributed by atoms with Gasteiger partial charge < -0.3 is 10.5 Å². The molecule has 0 aliphatic carbocycles. The quantitative estimate of drug-likeness (QED) is 0.855. The van der Waals surface area contributed by atoms with Crippen LogP contribution in [0.25, 0.3) is 0 Å². The molecule has 1 aliphatic rings. The Morgan fingerprint density at radius 3 is 2.79 bits per heavy atom. The monoisotopic (exact) mass is 277 g/mol. The molecule has 0 saturated carbocycles. The lowest BCUT2D eigenvalue weighted by Crippen LogP contribution is -2.24. The Labute approximate surface area is 115 Å². The van der Waals surface area contributed by atoms with E-state index in [0.29, 0.717) is 6.42 Å². The van der Waals surface area contributed by atoms with Gasteiger partial charge in [0.15, 0.2) is 0 Å². The third kappa shape index (κ3) is 2.31. The summed E-state index contributed by atoms with van der Waals surface area (Å²) in [5.41, 5.74) is 8.01. The van der Waals surface area contributed by atoms with Crippen molar-refractivity contribution < 1.29 is 9.13 Å². The Hall–Kier alpha value is -1.58. The van der Waals surface area contributed by atoms with Crippen LogP contribution >= 0.6 is 11.6 Å². The molecule has 2 aromatic carbocycles. The summed E-state index contributed by atoms with van der Waals surface area (Å²) in [4.78, 5) is 0. The zero-order chi connectivity index (χ0) is 13.4. The lowest BCUT2D eigenvalue weighted by molar-refractivity contribution is 0.161. The van der Waals surface area contributed by atoms with Crippen LogP contribution in [0, 0.1) is 5.82 Å². The molecule has 2 atom stereocenters. The van der Waals surface area contributed by atoms with Gasteiger partial charge in [-0.15, -0.1) is 0 Å². The van der Waals surface area contributed by atoms with Gasteiger partial charge in [-0.25, -0.2) is 4.39 Å². The molecule has 0 aromatic heterocycles. The molecule has 3 rings (SSSR count). The minimum atomic E-state index is -0.425. The van der Waals surface area contributed by atoms with Gasteiger partial charge >= 0.3 is 0 Å². The first-order valence-corrected chi connectivity index (χ1v) is 6.49. The molecule has 2 nitrogen and oxygen atoms in total. The standard InChI is InChI=1S/C15H13ClFNO/c16-11-7-9(5-6-12(11)17)15-8-13(18)10-3-1-2-4-14(10)19-15/h1-7,13,15H,8,18H2. The zero-order valence-electron chi connectivity index (χ0n) is 10.1. The molecule has 0 radical (unpaired) electrons. The number of benzene rings is 2. The molecule has 0 fully saturated rings. The van der Waals surface area contributed by atoms with Crippen molar-refractivity contribution in [2.75, 3.05) is 0 Å². The molecule has 2 aromatic rings. The van der Waals surface area contributed by atoms with Crippen LogP contribution < -0.4 is 10.5 Å². The Bertz CT molecular complexity index is 617. The maximum atomic E-state index is 13.2. The van der Waals surface area contributed by atoms with E-state index in [-0.39, 0.29) is 17.2 Å². The van der Waals surface area contributed by atoms with Crippen LogP contribution in [0.1, 0.15) is 29.7 Å². The second-order valence-electron chi connectivity index (χ2n) is 4.66. The number of rotatable bonds is 1. The summed E-state index contributed by atoms with van der Waals surface area (Å²) >= 11 is 5.81. The van der Waals surface area contributed by atoms with Crippen molar-refractivity contribution in [2.24, 2.45) is 5.73 Å². The van der Waals surface area contributed by atoms with E-state index in [2.05, 4.69) is 0 Å². The number of nitrogens with two attached hydrogens (primary N) is 1. The van der Waals surface area contributed by atoms with E-state index in [9.17, 15) is 4.39 Å². The summed E-state index contributed by atoms with van der Waals surface area (Å²) in [6.45, 7) is 0. The van der Waals surface area contributed by atoms with Gasteiger partial charge in [-0.05, 0) is 23.8 Å². The number of ether oxygens (including phenoxy) is 1. The van der Waals surface area contributed by atoms with Gasteiger partial charge in [0, 0.05) is 18.0 Å². The first-order chi connectivity index (χ1) is 9.15. The second kappa shape index (κ2) is 4.83. The number of hydrogen-bond acceptors (Lipinski definition) is 2. The Balaban J connectivity index is 1.94. The Morgan fingerprint density at radius 1 is 1.21 bits per heavy atom. The van der Waals surface area contributed by atoms with Gasteiger partial charge in [-0.2, -0.15) is 0 Å². The summed E-state index contributed by atoms with van der Waals surface area (Å²) in [7, 11) is 0. The van der Waals surface area contributed by atoms with Crippen LogP contribution in [-0.2, 0) is 0 Å². The SMILES string of the molecule is NC1CC(c2ccc(F)c(Cl)c2)Oc2ccccc21. The van der Waals surface area contributed by atoms with Gasteiger partial charge in [0.25, 0.3) is 0 Å². The number of halogens is 2. The van der Waals surface area contributed by atoms with Crippen molar-refractivity contribution in [3.8, 4) is 5.75 Å². The average molecular weight is 278 g/mol. The Morgan fingerprint density at radius 2 is 2.00 bits per heavy atom. The molecular weight excluding hydrogens is 265 g/mol. The van der Waals surface area contributed by atoms with E-state index >= 15 is 0 Å². The summed E-state index contributed by atoms with van der Waals surface area (Å²) in [6.07, 6.45) is 0.460. The van der Waals surface area contributed by atoms with Gasteiger partial charge in [-0.3, -0.25) is 0 Å². The highest BCUT2D eigenvalue weighted by molar-refractivity contribution is 6.30. The van der Waals surface area contributed by atoms with Crippen LogP contribution in [0.15, 0.2) is 42.5 Å². The highest BCUT2D eigenvalue weighted by Gasteiger charge is 2.27. The third-order valence-electron chi connectivity index (χ3n) is 3.37. The fourth-order valence-electron chi connectivity index (χ4n) is 2.37. The molecule has 0 amide bonds. The zero-order valence-corrected chi connectivity index (χ0v) is 10.9. The number of fused-ring (bicyclic) bond motifs is 1. The molecule has 0 saturated heterocycles. The molecule has 19 heavy (non-hydrogen) atoms. The largest absolute Gasteiger partial charge is 0.485 e. The van der Waals surface area contributed by atoms with Crippen LogP contribution in [0.2, 0.25) is 5.02 Å². The van der Waals surface area contributed by atoms with Gasteiger partial charge in [0.2, 0.25) is 0 Å². The highest BCUT2D eigenvalue weighted by Crippen LogP contribution is 2.39. The summed E-state index contributed by atoms with van der Waals surface area (Å²) in [6, 6.07) is 12.3. The molecule has 98 valence electrons. The predicted molar refractivity (Wildman–Crippen MR) is 72.8 cm³/mol. The van der Waals surface area contributed by atoms with Gasteiger partial charge in [0.1, 0.15) is 17.7 Å². The van der Waals surface area contributed by atoms with Crippen LogP contribution in [0.5, 0.6) is 5.75 Å². The first-order valence-electron chi connectivity index (χ1n) is 6.11. The molecule has 4 heteroatoms. The van der Waals surface area contributed by atoms with Crippen molar-refractivity contribution in [2.45, 2.75) is 18.6 Å². The fourth-order valence-corrected chi connectivity index (χ4v) is 2.56. The van der Waals surface area contributed by atoms with Crippen LogP contribution in [0.4, 0.5) is 4.39 Å². The van der Waals surface area contributed by atoms with E-state index < -0.39 is 5.82 Å². The molecular formula is C15H13ClFNO. The number of para-hydroxylation sites is 1. The first kappa shape index (κ1) is 12.5. The Kier molecular flexibility index (Phi) is 3.17. The lowest BCUT2D eigenvalue weighted by atomic mass is 9.94. The maximum Gasteiger partial charge on any atom is 0.141 e. The molecule has 0 spiro atoms. The van der Waals surface area contributed by atoms with Crippen LogP contribution in [0.3, 0.4) is 0 Å². The molecule has 1 aliphatic heterocycles. The summed E-state index contributed by atoms with van der Waals surface area (Å²) in [5, 5.41) is 0.105. The maximum absolute atomic E-state index is 13.2. The highest BCUT2D eigenvalue weighted by atomic mass is 35.5. The van der Waals surface area contributed by atoms with Crippen LogP contribution in [-0.4, -0.2) is 0 Å². The normalized spacial score (nSPS) is 21.6. The van der Waals surface area contributed by atoms with E-state index in [4.69, 9.17) is 22.1 Å². The van der Waals surface area contributed by atoms with E-state index in [0.717, 1.165) is 16.9 Å². The minimum Gasteiger partial charge on any atom is -0.485 e. The third-order valence-corrected chi connectivity index (χ3v) is 3.66. The average Bonchev–Trinajstić information content (AvgIpc) is 2.42. The smallest absolute Gasteiger partial charge is 0.141 e. The van der Waals surface area contributed by atoms with Crippen molar-refractivity contribution in [3.63, 3.8) is 0 Å². The molecule has 2 unspecified atom stereocenters. The summed E-state index contributed by atoms with van der Waals surface area (Å²) in [5.74, 6) is 0.359. The van der Waals surface area contributed by atoms with E-state index in [1.54, 1.807) is 12.1 Å². The van der Waals surface area contributed by atoms with Crippen molar-refractivity contribution >= 4 is 11.6 Å². The second-order valence-corrected chi connectivity index (χ2v) is 5.07. The van der Waals surface area contributed by atoms with E-state index in [1.165, 1.54) is 6.07 Å². The lowest BCUT2D eigenvalue weighted by Gasteiger charge is -2.30. The fraction of sp³-hybridized carbons (Fsp3) is 0.200. The van der Waals surface area contributed by atoms with Gasteiger partial charge in [-0.1, -0.05) is 35.9 Å². The predicted octanol–water partition coefficient (Wildman–Crippen LogP) is 4.00. The minimum absolute atomic E-state index is 0.0845. The topological polar surface area (TPSA) is 35.2 Å². The van der Waals surface area contributed by atoms with Crippen molar-refractivity contribution in [1.29, 1.82) is 0 Å². The molecule has 2 N–H and O–H groups in total. The molecule has 1 heterocycles. The van der Waals surface area contributed by atoms with Crippen molar-refractivity contribution in [3.05, 3.63) is 64.4 Å². The number of hydrogen-bond donors (Lipinski definition) is 1. The summed E-state index contributed by atoms with van der Waals surface area (Å²) < 4.78 is 19.1. The van der Waals surface area contributed by atoms with Gasteiger partial charge in [0.05, 0.1) is 5.02 Å². The van der Waals surface area contributed by atoms with E-state index in [1.807, 2.05) is 24.3 Å². The van der Waals surface area contributed by atoms with Crippen molar-refractivity contribution in [1.82, 2.24) is 0 Å².